The zero-order valence-electron chi connectivity index (χ0n) is 10.4. The molecule has 2 aromatic rings. The molecule has 1 heterocycles. The van der Waals surface area contributed by atoms with Crippen molar-refractivity contribution in [1.82, 2.24) is 4.98 Å². The molecule has 0 bridgehead atoms. The standard InChI is InChI=1S/C11H8F3NO.C2H6/c1-6-4-7-5-8(11(12,13)14)2-3-9(7)15-10(6)16;1-2/h2-5H,1H3,(H,15,16);1-2H3. The molecule has 0 atom stereocenters. The fourth-order valence-electron chi connectivity index (χ4n) is 1.49. The lowest BCUT2D eigenvalue weighted by atomic mass is 10.1. The highest BCUT2D eigenvalue weighted by Gasteiger charge is 2.30. The maximum absolute atomic E-state index is 12.4. The van der Waals surface area contributed by atoms with Crippen molar-refractivity contribution in [2.24, 2.45) is 0 Å². The molecule has 0 amide bonds. The van der Waals surface area contributed by atoms with Crippen molar-refractivity contribution in [3.63, 3.8) is 0 Å². The van der Waals surface area contributed by atoms with E-state index in [1.54, 1.807) is 6.92 Å². The van der Waals surface area contributed by atoms with Crippen LogP contribution >= 0.6 is 0 Å². The molecule has 0 fully saturated rings. The van der Waals surface area contributed by atoms with Gasteiger partial charge in [-0.25, -0.2) is 0 Å². The summed E-state index contributed by atoms with van der Waals surface area (Å²) in [6, 6.07) is 4.69. The summed E-state index contributed by atoms with van der Waals surface area (Å²) in [6.07, 6.45) is -4.36. The average Bonchev–Trinajstić information content (AvgIpc) is 2.31. The zero-order chi connectivity index (χ0) is 13.9. The maximum atomic E-state index is 12.4. The number of aryl methyl sites for hydroxylation is 1. The second kappa shape index (κ2) is 5.25. The summed E-state index contributed by atoms with van der Waals surface area (Å²) in [5.74, 6) is 0. The van der Waals surface area contributed by atoms with Crippen molar-refractivity contribution in [2.45, 2.75) is 26.9 Å². The van der Waals surface area contributed by atoms with E-state index in [0.717, 1.165) is 12.1 Å². The van der Waals surface area contributed by atoms with Crippen LogP contribution in [0.2, 0.25) is 0 Å². The van der Waals surface area contributed by atoms with Crippen molar-refractivity contribution in [2.75, 3.05) is 0 Å². The Morgan fingerprint density at radius 2 is 1.72 bits per heavy atom. The Kier molecular flexibility index (Phi) is 4.16. The first-order valence-electron chi connectivity index (χ1n) is 5.59. The number of pyridine rings is 1. The van der Waals surface area contributed by atoms with E-state index >= 15 is 0 Å². The van der Waals surface area contributed by atoms with Crippen LogP contribution < -0.4 is 5.56 Å². The fourth-order valence-corrected chi connectivity index (χ4v) is 1.49. The van der Waals surface area contributed by atoms with Crippen LogP contribution in [-0.4, -0.2) is 4.98 Å². The number of aromatic amines is 1. The number of rotatable bonds is 0. The first kappa shape index (κ1) is 14.3. The molecule has 2 nitrogen and oxygen atoms in total. The highest BCUT2D eigenvalue weighted by atomic mass is 19.4. The van der Waals surface area contributed by atoms with Crippen LogP contribution in [0.25, 0.3) is 10.9 Å². The largest absolute Gasteiger partial charge is 0.416 e. The van der Waals surface area contributed by atoms with Crippen molar-refractivity contribution < 1.29 is 13.2 Å². The molecule has 1 N–H and O–H groups in total. The molecule has 0 saturated heterocycles. The average molecular weight is 257 g/mol. The lowest BCUT2D eigenvalue weighted by Crippen LogP contribution is -2.09. The number of aromatic nitrogens is 1. The van der Waals surface area contributed by atoms with Crippen LogP contribution in [0.15, 0.2) is 29.1 Å². The van der Waals surface area contributed by atoms with E-state index in [-0.39, 0.29) is 5.56 Å². The minimum Gasteiger partial charge on any atom is -0.322 e. The van der Waals surface area contributed by atoms with Crippen molar-refractivity contribution in [1.29, 1.82) is 0 Å². The van der Waals surface area contributed by atoms with Gasteiger partial charge >= 0.3 is 6.18 Å². The Bertz CT molecular complexity index is 599. The number of alkyl halides is 3. The molecule has 1 aromatic heterocycles. The Balaban J connectivity index is 0.000000771. The summed E-state index contributed by atoms with van der Waals surface area (Å²) in [4.78, 5) is 13.8. The highest BCUT2D eigenvalue weighted by molar-refractivity contribution is 5.79. The van der Waals surface area contributed by atoms with Gasteiger partial charge in [0.15, 0.2) is 0 Å². The minimum absolute atomic E-state index is 0.285. The third-order valence-corrected chi connectivity index (χ3v) is 2.36. The van der Waals surface area contributed by atoms with E-state index in [2.05, 4.69) is 4.98 Å². The van der Waals surface area contributed by atoms with Gasteiger partial charge in [-0.15, -0.1) is 0 Å². The molecule has 0 unspecified atom stereocenters. The summed E-state index contributed by atoms with van der Waals surface area (Å²) in [5.41, 5.74) is -0.200. The molecule has 1 aromatic carbocycles. The van der Waals surface area contributed by atoms with Gasteiger partial charge in [0.05, 0.1) is 5.56 Å². The van der Waals surface area contributed by atoms with Crippen molar-refractivity contribution >= 4 is 10.9 Å². The molecular weight excluding hydrogens is 243 g/mol. The van der Waals surface area contributed by atoms with Gasteiger partial charge in [0, 0.05) is 11.1 Å². The summed E-state index contributed by atoms with van der Waals surface area (Å²) >= 11 is 0. The second-order valence-electron chi connectivity index (χ2n) is 3.58. The molecule has 5 heteroatoms. The van der Waals surface area contributed by atoms with Gasteiger partial charge in [0.25, 0.3) is 5.56 Å². The Hall–Kier alpha value is -1.78. The fraction of sp³-hybridized carbons (Fsp3) is 0.308. The zero-order valence-corrected chi connectivity index (χ0v) is 10.4. The van der Waals surface area contributed by atoms with Crippen LogP contribution in [0.3, 0.4) is 0 Å². The Labute approximate surface area is 102 Å². The summed E-state index contributed by atoms with van der Waals surface area (Å²) < 4.78 is 37.3. The first-order valence-corrected chi connectivity index (χ1v) is 5.59. The molecule has 0 saturated carbocycles. The van der Waals surface area contributed by atoms with E-state index < -0.39 is 11.7 Å². The summed E-state index contributed by atoms with van der Waals surface area (Å²) in [7, 11) is 0. The number of halogens is 3. The number of H-pyrrole nitrogens is 1. The lowest BCUT2D eigenvalue weighted by Gasteiger charge is -2.07. The van der Waals surface area contributed by atoms with E-state index in [4.69, 9.17) is 0 Å². The highest BCUT2D eigenvalue weighted by Crippen LogP contribution is 2.30. The second-order valence-corrected chi connectivity index (χ2v) is 3.58. The van der Waals surface area contributed by atoms with Crippen molar-refractivity contribution in [3.8, 4) is 0 Å². The Morgan fingerprint density at radius 1 is 1.11 bits per heavy atom. The molecule has 0 radical (unpaired) electrons. The molecule has 18 heavy (non-hydrogen) atoms. The van der Waals surface area contributed by atoms with Gasteiger partial charge < -0.3 is 4.98 Å². The van der Waals surface area contributed by atoms with Gasteiger partial charge in [-0.3, -0.25) is 4.79 Å². The molecule has 2 rings (SSSR count). The van der Waals surface area contributed by atoms with Crippen molar-refractivity contribution in [3.05, 3.63) is 45.7 Å². The molecule has 0 aliphatic rings. The van der Waals surface area contributed by atoms with Crippen LogP contribution in [0.1, 0.15) is 25.0 Å². The number of benzene rings is 1. The number of hydrogen-bond donors (Lipinski definition) is 1. The Morgan fingerprint density at radius 3 is 2.28 bits per heavy atom. The molecular formula is C13H14F3NO. The first-order chi connectivity index (χ1) is 8.38. The van der Waals surface area contributed by atoms with E-state index in [1.807, 2.05) is 13.8 Å². The van der Waals surface area contributed by atoms with E-state index in [0.29, 0.717) is 16.5 Å². The quantitative estimate of drug-likeness (QED) is 0.763. The predicted octanol–water partition coefficient (Wildman–Crippen LogP) is 3.88. The van der Waals surface area contributed by atoms with Gasteiger partial charge in [-0.1, -0.05) is 13.8 Å². The smallest absolute Gasteiger partial charge is 0.322 e. The van der Waals surface area contributed by atoms with Crippen LogP contribution in [-0.2, 0) is 6.18 Å². The molecule has 0 aliphatic heterocycles. The number of hydrogen-bond acceptors (Lipinski definition) is 1. The predicted molar refractivity (Wildman–Crippen MR) is 65.7 cm³/mol. The minimum atomic E-state index is -4.36. The van der Waals surface area contributed by atoms with Gasteiger partial charge in [-0.05, 0) is 36.6 Å². The summed E-state index contributed by atoms with van der Waals surface area (Å²) in [6.45, 7) is 5.55. The normalized spacial score (nSPS) is 11.0. The summed E-state index contributed by atoms with van der Waals surface area (Å²) in [5, 5.41) is 0.381. The van der Waals surface area contributed by atoms with E-state index in [1.165, 1.54) is 12.1 Å². The topological polar surface area (TPSA) is 32.9 Å². The third-order valence-electron chi connectivity index (χ3n) is 2.36. The van der Waals surface area contributed by atoms with Crippen LogP contribution in [0, 0.1) is 6.92 Å². The molecule has 0 aliphatic carbocycles. The SMILES string of the molecule is CC.Cc1cc2cc(C(F)(F)F)ccc2[nH]c1=O. The third kappa shape index (κ3) is 2.91. The molecule has 0 spiro atoms. The number of nitrogens with one attached hydrogen (secondary N) is 1. The lowest BCUT2D eigenvalue weighted by molar-refractivity contribution is -0.137. The van der Waals surface area contributed by atoms with Crippen LogP contribution in [0.4, 0.5) is 13.2 Å². The van der Waals surface area contributed by atoms with Gasteiger partial charge in [-0.2, -0.15) is 13.2 Å². The maximum Gasteiger partial charge on any atom is 0.416 e. The van der Waals surface area contributed by atoms with Gasteiger partial charge in [0.2, 0.25) is 0 Å². The van der Waals surface area contributed by atoms with Crippen LogP contribution in [0.5, 0.6) is 0 Å². The molecule has 98 valence electrons. The van der Waals surface area contributed by atoms with Gasteiger partial charge in [0.1, 0.15) is 0 Å². The monoisotopic (exact) mass is 257 g/mol. The van der Waals surface area contributed by atoms with E-state index in [9.17, 15) is 18.0 Å². The number of fused-ring (bicyclic) bond motifs is 1.